The van der Waals surface area contributed by atoms with Gasteiger partial charge in [0, 0.05) is 22.6 Å². The van der Waals surface area contributed by atoms with Crippen molar-refractivity contribution < 1.29 is 0 Å². The van der Waals surface area contributed by atoms with Crippen molar-refractivity contribution in [1.82, 2.24) is 19.8 Å². The standard InChI is InChI=1S/C8H9BrN4OS/c1-5-6(4-15-7(5)3-9)13-8(14)12(2)10-11-13/h4H,3H2,1-2H3. The molecule has 0 saturated heterocycles. The molecule has 0 N–H and O–H groups in total. The molecular weight excluding hydrogens is 280 g/mol. The van der Waals surface area contributed by atoms with Gasteiger partial charge in [-0.05, 0) is 22.9 Å². The molecule has 0 radical (unpaired) electrons. The Morgan fingerprint density at radius 1 is 1.53 bits per heavy atom. The van der Waals surface area contributed by atoms with Crippen LogP contribution >= 0.6 is 27.3 Å². The average Bonchev–Trinajstić information content (AvgIpc) is 2.73. The van der Waals surface area contributed by atoms with Gasteiger partial charge in [-0.25, -0.2) is 4.79 Å². The van der Waals surface area contributed by atoms with Gasteiger partial charge in [0.1, 0.15) is 0 Å². The first-order valence-corrected chi connectivity index (χ1v) is 6.27. The Bertz CT molecular complexity index is 541. The van der Waals surface area contributed by atoms with E-state index in [0.717, 1.165) is 16.6 Å². The summed E-state index contributed by atoms with van der Waals surface area (Å²) in [6.45, 7) is 1.98. The summed E-state index contributed by atoms with van der Waals surface area (Å²) in [5.41, 5.74) is 1.66. The molecule has 0 spiro atoms. The molecule has 7 heteroatoms. The minimum Gasteiger partial charge on any atom is -0.244 e. The summed E-state index contributed by atoms with van der Waals surface area (Å²) < 4.78 is 2.53. The fourth-order valence-electron chi connectivity index (χ4n) is 1.25. The van der Waals surface area contributed by atoms with Crippen LogP contribution in [-0.4, -0.2) is 19.8 Å². The predicted octanol–water partition coefficient (Wildman–Crippen LogP) is 1.23. The van der Waals surface area contributed by atoms with Crippen LogP contribution in [0.4, 0.5) is 0 Å². The lowest BCUT2D eigenvalue weighted by atomic mass is 10.3. The zero-order valence-corrected chi connectivity index (χ0v) is 10.7. The summed E-state index contributed by atoms with van der Waals surface area (Å²) in [6, 6.07) is 0. The average molecular weight is 289 g/mol. The highest BCUT2D eigenvalue weighted by molar-refractivity contribution is 9.08. The number of aryl methyl sites for hydroxylation is 1. The van der Waals surface area contributed by atoms with Crippen LogP contribution in [0.3, 0.4) is 0 Å². The molecule has 2 aromatic heterocycles. The molecule has 0 aliphatic rings. The summed E-state index contributed by atoms with van der Waals surface area (Å²) in [5.74, 6) is 0. The van der Waals surface area contributed by atoms with E-state index in [0.29, 0.717) is 0 Å². The fraction of sp³-hybridized carbons (Fsp3) is 0.375. The second kappa shape index (κ2) is 3.90. The third-order valence-electron chi connectivity index (χ3n) is 2.19. The molecule has 0 bridgehead atoms. The molecule has 80 valence electrons. The van der Waals surface area contributed by atoms with Gasteiger partial charge in [0.15, 0.2) is 0 Å². The number of alkyl halides is 1. The van der Waals surface area contributed by atoms with Crippen LogP contribution in [0.25, 0.3) is 5.69 Å². The van der Waals surface area contributed by atoms with E-state index >= 15 is 0 Å². The van der Waals surface area contributed by atoms with Gasteiger partial charge in [0.2, 0.25) is 0 Å². The van der Waals surface area contributed by atoms with Crippen molar-refractivity contribution in [1.29, 1.82) is 0 Å². The summed E-state index contributed by atoms with van der Waals surface area (Å²) in [7, 11) is 1.58. The normalized spacial score (nSPS) is 10.9. The maximum atomic E-state index is 11.6. The van der Waals surface area contributed by atoms with Gasteiger partial charge in [0.25, 0.3) is 0 Å². The first kappa shape index (κ1) is 10.6. The van der Waals surface area contributed by atoms with Gasteiger partial charge in [0.05, 0.1) is 5.69 Å². The van der Waals surface area contributed by atoms with Crippen LogP contribution in [0.15, 0.2) is 10.2 Å². The number of nitrogens with zero attached hydrogens (tertiary/aromatic N) is 4. The quantitative estimate of drug-likeness (QED) is 0.781. The van der Waals surface area contributed by atoms with E-state index in [2.05, 4.69) is 26.4 Å². The van der Waals surface area contributed by atoms with E-state index in [4.69, 9.17) is 0 Å². The van der Waals surface area contributed by atoms with E-state index < -0.39 is 0 Å². The smallest absolute Gasteiger partial charge is 0.244 e. The first-order chi connectivity index (χ1) is 7.15. The Morgan fingerprint density at radius 3 is 2.73 bits per heavy atom. The predicted molar refractivity (Wildman–Crippen MR) is 61.8 cm³/mol. The SMILES string of the molecule is Cc1c(-n2nnn(C)c2=O)csc1CBr. The topological polar surface area (TPSA) is 52.7 Å². The molecule has 15 heavy (non-hydrogen) atoms. The van der Waals surface area contributed by atoms with Crippen molar-refractivity contribution in [3.63, 3.8) is 0 Å². The van der Waals surface area contributed by atoms with Crippen molar-refractivity contribution >= 4 is 27.3 Å². The molecule has 0 unspecified atom stereocenters. The van der Waals surface area contributed by atoms with E-state index in [1.54, 1.807) is 18.4 Å². The van der Waals surface area contributed by atoms with Crippen LogP contribution in [0.1, 0.15) is 10.4 Å². The lowest BCUT2D eigenvalue weighted by Gasteiger charge is -1.97. The fourth-order valence-corrected chi connectivity index (χ4v) is 2.94. The zero-order valence-electron chi connectivity index (χ0n) is 8.27. The summed E-state index contributed by atoms with van der Waals surface area (Å²) in [5, 5.41) is 10.2. The minimum atomic E-state index is -0.225. The van der Waals surface area contributed by atoms with Gasteiger partial charge >= 0.3 is 5.69 Å². The van der Waals surface area contributed by atoms with Crippen LogP contribution in [-0.2, 0) is 12.4 Å². The van der Waals surface area contributed by atoms with Crippen LogP contribution in [0, 0.1) is 6.92 Å². The van der Waals surface area contributed by atoms with E-state index in [-0.39, 0.29) is 5.69 Å². The maximum Gasteiger partial charge on any atom is 0.368 e. The van der Waals surface area contributed by atoms with Gasteiger partial charge < -0.3 is 0 Å². The molecule has 2 heterocycles. The van der Waals surface area contributed by atoms with Gasteiger partial charge in [-0.1, -0.05) is 15.9 Å². The highest BCUT2D eigenvalue weighted by Gasteiger charge is 2.12. The highest BCUT2D eigenvalue weighted by Crippen LogP contribution is 2.25. The zero-order chi connectivity index (χ0) is 11.0. The molecule has 0 aliphatic heterocycles. The number of rotatable bonds is 2. The van der Waals surface area contributed by atoms with Crippen LogP contribution < -0.4 is 5.69 Å². The lowest BCUT2D eigenvalue weighted by molar-refractivity contribution is 0.693. The number of thiophene rings is 1. The molecule has 0 amide bonds. The monoisotopic (exact) mass is 288 g/mol. The van der Waals surface area contributed by atoms with Crippen molar-refractivity contribution in [2.24, 2.45) is 7.05 Å². The Balaban J connectivity index is 2.59. The Labute approximate surface area is 98.4 Å². The third kappa shape index (κ3) is 1.65. The molecule has 0 aliphatic carbocycles. The molecule has 0 fully saturated rings. The van der Waals surface area contributed by atoms with Gasteiger partial charge in [-0.15, -0.1) is 11.3 Å². The third-order valence-corrected chi connectivity index (χ3v) is 4.19. The van der Waals surface area contributed by atoms with E-state index in [9.17, 15) is 4.79 Å². The highest BCUT2D eigenvalue weighted by atomic mass is 79.9. The molecule has 5 nitrogen and oxygen atoms in total. The summed E-state index contributed by atoms with van der Waals surface area (Å²) >= 11 is 5.01. The van der Waals surface area contributed by atoms with Crippen molar-refractivity contribution in [2.45, 2.75) is 12.3 Å². The van der Waals surface area contributed by atoms with Gasteiger partial charge in [-0.2, -0.15) is 9.36 Å². The van der Waals surface area contributed by atoms with Crippen molar-refractivity contribution in [3.8, 4) is 5.69 Å². The Kier molecular flexibility index (Phi) is 2.74. The maximum absolute atomic E-state index is 11.6. The first-order valence-electron chi connectivity index (χ1n) is 4.27. The molecule has 0 aromatic carbocycles. The van der Waals surface area contributed by atoms with E-state index in [1.165, 1.54) is 14.2 Å². The Hall–Kier alpha value is -0.950. The summed E-state index contributed by atoms with van der Waals surface area (Å²) in [4.78, 5) is 12.8. The Morgan fingerprint density at radius 2 is 2.27 bits per heavy atom. The van der Waals surface area contributed by atoms with Crippen LogP contribution in [0.2, 0.25) is 0 Å². The summed E-state index contributed by atoms with van der Waals surface area (Å²) in [6.07, 6.45) is 0. The number of hydrogen-bond donors (Lipinski definition) is 0. The minimum absolute atomic E-state index is 0.225. The van der Waals surface area contributed by atoms with Gasteiger partial charge in [-0.3, -0.25) is 0 Å². The largest absolute Gasteiger partial charge is 0.368 e. The number of halogens is 1. The lowest BCUT2D eigenvalue weighted by Crippen LogP contribution is -2.22. The number of aromatic nitrogens is 4. The van der Waals surface area contributed by atoms with E-state index in [1.807, 2.05) is 12.3 Å². The molecule has 0 saturated carbocycles. The second-order valence-electron chi connectivity index (χ2n) is 3.10. The molecule has 2 rings (SSSR count). The molecule has 0 atom stereocenters. The molecular formula is C8H9BrN4OS. The van der Waals surface area contributed by atoms with Crippen LogP contribution in [0.5, 0.6) is 0 Å². The van der Waals surface area contributed by atoms with Crippen molar-refractivity contribution in [2.75, 3.05) is 0 Å². The molecule has 2 aromatic rings. The number of tetrazole rings is 1. The second-order valence-corrected chi connectivity index (χ2v) is 4.62. The van der Waals surface area contributed by atoms with Crippen molar-refractivity contribution in [3.05, 3.63) is 26.3 Å². The number of hydrogen-bond acceptors (Lipinski definition) is 4.